The molecule has 1 aromatic rings. The molecule has 1 atom stereocenters. The average molecular weight is 522 g/mol. The number of nitrogens with zero attached hydrogens (tertiary/aromatic N) is 2. The first-order valence-electron chi connectivity index (χ1n) is 9.85. The molecule has 0 spiro atoms. The van der Waals surface area contributed by atoms with Gasteiger partial charge in [0, 0.05) is 26.2 Å². The first-order valence-corrected chi connectivity index (χ1v) is 9.85. The smallest absolute Gasteiger partial charge is 0.203 e. The van der Waals surface area contributed by atoms with E-state index in [4.69, 9.17) is 14.2 Å². The highest BCUT2D eigenvalue weighted by molar-refractivity contribution is 14.0. The van der Waals surface area contributed by atoms with E-state index in [-0.39, 0.29) is 24.0 Å². The van der Waals surface area contributed by atoms with E-state index >= 15 is 0 Å². The normalized spacial score (nSPS) is 12.4. The SMILES string of the molecule is CCC(CC)C(CNC(=NC)NCc1cc(OC)c(OC)c(OC)c1)N(C)C.I. The number of ether oxygens (including phenoxy) is 3. The van der Waals surface area contributed by atoms with Crippen LogP contribution in [0.25, 0.3) is 0 Å². The van der Waals surface area contributed by atoms with E-state index in [0.717, 1.165) is 18.1 Å². The molecule has 0 heterocycles. The van der Waals surface area contributed by atoms with Gasteiger partial charge in [-0.3, -0.25) is 4.99 Å². The van der Waals surface area contributed by atoms with E-state index in [1.54, 1.807) is 28.4 Å². The Balaban J connectivity index is 0.00000784. The van der Waals surface area contributed by atoms with Gasteiger partial charge in [-0.2, -0.15) is 0 Å². The maximum absolute atomic E-state index is 5.42. The third-order valence-electron chi connectivity index (χ3n) is 5.14. The van der Waals surface area contributed by atoms with Gasteiger partial charge in [0.25, 0.3) is 0 Å². The number of hydrogen-bond donors (Lipinski definition) is 2. The van der Waals surface area contributed by atoms with Crippen LogP contribution in [0.5, 0.6) is 17.2 Å². The summed E-state index contributed by atoms with van der Waals surface area (Å²) in [7, 11) is 10.9. The van der Waals surface area contributed by atoms with Gasteiger partial charge in [0.15, 0.2) is 17.5 Å². The number of rotatable bonds is 11. The zero-order chi connectivity index (χ0) is 21.1. The number of hydrogen-bond acceptors (Lipinski definition) is 5. The van der Waals surface area contributed by atoms with E-state index in [2.05, 4.69) is 48.5 Å². The lowest BCUT2D eigenvalue weighted by molar-refractivity contribution is 0.200. The van der Waals surface area contributed by atoms with Crippen molar-refractivity contribution >= 4 is 29.9 Å². The molecule has 1 aromatic carbocycles. The summed E-state index contributed by atoms with van der Waals surface area (Å²) >= 11 is 0. The Hall–Kier alpha value is -1.42. The quantitative estimate of drug-likeness (QED) is 0.264. The summed E-state index contributed by atoms with van der Waals surface area (Å²) in [4.78, 5) is 6.64. The van der Waals surface area contributed by atoms with Crippen LogP contribution < -0.4 is 24.8 Å². The van der Waals surface area contributed by atoms with Crippen molar-refractivity contribution in [3.05, 3.63) is 17.7 Å². The number of methoxy groups -OCH3 is 3. The predicted octanol–water partition coefficient (Wildman–Crippen LogP) is 3.36. The molecule has 0 amide bonds. The van der Waals surface area contributed by atoms with Crippen LogP contribution in [0.1, 0.15) is 32.3 Å². The van der Waals surface area contributed by atoms with Gasteiger partial charge >= 0.3 is 0 Å². The maximum Gasteiger partial charge on any atom is 0.203 e. The zero-order valence-corrected chi connectivity index (χ0v) is 21.5. The standard InChI is InChI=1S/C21H38N4O3.HI/c1-9-16(10-2)17(25(4)5)14-24-21(22-3)23-13-15-11-18(26-6)20(28-8)19(12-15)27-7;/h11-12,16-17H,9-10,13-14H2,1-8H3,(H2,22,23,24);1H. The highest BCUT2D eigenvalue weighted by Gasteiger charge is 2.21. The van der Waals surface area contributed by atoms with Gasteiger partial charge in [0.1, 0.15) is 0 Å². The zero-order valence-electron chi connectivity index (χ0n) is 19.2. The van der Waals surface area contributed by atoms with Gasteiger partial charge in [-0.1, -0.05) is 26.7 Å². The van der Waals surface area contributed by atoms with E-state index in [1.807, 2.05) is 12.1 Å². The molecule has 0 aromatic heterocycles. The van der Waals surface area contributed by atoms with Crippen molar-refractivity contribution in [3.63, 3.8) is 0 Å². The van der Waals surface area contributed by atoms with E-state index in [0.29, 0.717) is 35.8 Å². The van der Waals surface area contributed by atoms with E-state index in [9.17, 15) is 0 Å². The lowest BCUT2D eigenvalue weighted by Crippen LogP contribution is -2.47. The van der Waals surface area contributed by atoms with Crippen LogP contribution in [0, 0.1) is 5.92 Å². The topological polar surface area (TPSA) is 67.4 Å². The first-order chi connectivity index (χ1) is 13.4. The number of nitrogens with one attached hydrogen (secondary N) is 2. The molecule has 2 N–H and O–H groups in total. The van der Waals surface area contributed by atoms with Crippen molar-refractivity contribution in [1.29, 1.82) is 0 Å². The Morgan fingerprint density at radius 2 is 1.55 bits per heavy atom. The Morgan fingerprint density at radius 3 is 1.93 bits per heavy atom. The summed E-state index contributed by atoms with van der Waals surface area (Å²) in [5.74, 6) is 3.29. The summed E-state index contributed by atoms with van der Waals surface area (Å²) in [6, 6.07) is 4.33. The minimum absolute atomic E-state index is 0. The second kappa shape index (κ2) is 14.5. The lowest BCUT2D eigenvalue weighted by Gasteiger charge is -2.32. The summed E-state index contributed by atoms with van der Waals surface area (Å²) in [6.07, 6.45) is 2.33. The number of guanidine groups is 1. The van der Waals surface area contributed by atoms with Gasteiger partial charge in [0.05, 0.1) is 21.3 Å². The molecule has 0 aliphatic heterocycles. The van der Waals surface area contributed by atoms with Gasteiger partial charge in [-0.15, -0.1) is 24.0 Å². The average Bonchev–Trinajstić information content (AvgIpc) is 2.71. The lowest BCUT2D eigenvalue weighted by atomic mass is 9.93. The molecular formula is C21H39IN4O3. The van der Waals surface area contributed by atoms with Crippen LogP contribution in [0.4, 0.5) is 0 Å². The Bertz CT molecular complexity index is 597. The van der Waals surface area contributed by atoms with Crippen molar-refractivity contribution in [2.24, 2.45) is 10.9 Å². The minimum Gasteiger partial charge on any atom is -0.493 e. The maximum atomic E-state index is 5.42. The second-order valence-corrected chi connectivity index (χ2v) is 6.95. The molecule has 1 rings (SSSR count). The Morgan fingerprint density at radius 1 is 1.00 bits per heavy atom. The van der Waals surface area contributed by atoms with Gasteiger partial charge in [-0.05, 0) is 37.7 Å². The summed E-state index contributed by atoms with van der Waals surface area (Å²) in [5.41, 5.74) is 1.02. The molecule has 0 radical (unpaired) electrons. The highest BCUT2D eigenvalue weighted by Crippen LogP contribution is 2.38. The fourth-order valence-electron chi connectivity index (χ4n) is 3.45. The van der Waals surface area contributed by atoms with E-state index in [1.165, 1.54) is 12.8 Å². The highest BCUT2D eigenvalue weighted by atomic mass is 127. The number of aliphatic imine (C=N–C) groups is 1. The molecule has 0 fully saturated rings. The van der Waals surface area contributed by atoms with Crippen molar-refractivity contribution in [2.75, 3.05) is 49.0 Å². The minimum atomic E-state index is 0. The van der Waals surface area contributed by atoms with Crippen LogP contribution in [0.15, 0.2) is 17.1 Å². The van der Waals surface area contributed by atoms with Gasteiger partial charge in [-0.25, -0.2) is 0 Å². The molecule has 1 unspecified atom stereocenters. The van der Waals surface area contributed by atoms with Gasteiger partial charge < -0.3 is 29.7 Å². The summed E-state index contributed by atoms with van der Waals surface area (Å²) in [5, 5.41) is 6.82. The third kappa shape index (κ3) is 8.08. The van der Waals surface area contributed by atoms with Crippen molar-refractivity contribution < 1.29 is 14.2 Å². The van der Waals surface area contributed by atoms with Crippen LogP contribution >= 0.6 is 24.0 Å². The number of likely N-dealkylation sites (N-methyl/N-ethyl adjacent to an activating group) is 1. The number of halogens is 1. The van der Waals surface area contributed by atoms with Crippen molar-refractivity contribution in [3.8, 4) is 17.2 Å². The summed E-state index contributed by atoms with van der Waals surface area (Å²) in [6.45, 7) is 5.94. The molecule has 8 heteroatoms. The predicted molar refractivity (Wildman–Crippen MR) is 131 cm³/mol. The van der Waals surface area contributed by atoms with Crippen molar-refractivity contribution in [2.45, 2.75) is 39.3 Å². The second-order valence-electron chi connectivity index (χ2n) is 6.95. The van der Waals surface area contributed by atoms with Gasteiger partial charge in [0.2, 0.25) is 5.75 Å². The van der Waals surface area contributed by atoms with Crippen LogP contribution in [-0.2, 0) is 6.54 Å². The summed E-state index contributed by atoms with van der Waals surface area (Å²) < 4.78 is 16.2. The van der Waals surface area contributed by atoms with Crippen LogP contribution in [0.3, 0.4) is 0 Å². The third-order valence-corrected chi connectivity index (χ3v) is 5.14. The molecule has 0 aliphatic rings. The molecule has 0 saturated carbocycles. The Kier molecular flexibility index (Phi) is 13.8. The fourth-order valence-corrected chi connectivity index (χ4v) is 3.45. The molecule has 0 bridgehead atoms. The largest absolute Gasteiger partial charge is 0.493 e. The molecule has 7 nitrogen and oxygen atoms in total. The molecular weight excluding hydrogens is 483 g/mol. The number of benzene rings is 1. The van der Waals surface area contributed by atoms with Crippen LogP contribution in [0.2, 0.25) is 0 Å². The monoisotopic (exact) mass is 522 g/mol. The molecule has 0 aliphatic carbocycles. The van der Waals surface area contributed by atoms with Crippen LogP contribution in [-0.4, -0.2) is 65.9 Å². The van der Waals surface area contributed by atoms with E-state index < -0.39 is 0 Å². The van der Waals surface area contributed by atoms with Crippen molar-refractivity contribution in [1.82, 2.24) is 15.5 Å². The first kappa shape index (κ1) is 27.6. The Labute approximate surface area is 193 Å². The molecule has 168 valence electrons. The molecule has 29 heavy (non-hydrogen) atoms. The fraction of sp³-hybridized carbons (Fsp3) is 0.667. The molecule has 0 saturated heterocycles.